The summed E-state index contributed by atoms with van der Waals surface area (Å²) in [7, 11) is 0. The Kier molecular flexibility index (Phi) is 5.11. The van der Waals surface area contributed by atoms with Gasteiger partial charge in [0, 0.05) is 57.4 Å². The Balaban J connectivity index is 0.994. The van der Waals surface area contributed by atoms with Crippen LogP contribution in [0, 0.1) is 29.6 Å². The molecule has 5 saturated carbocycles. The fourth-order valence-corrected chi connectivity index (χ4v) is 7.50. The van der Waals surface area contributed by atoms with E-state index >= 15 is 0 Å². The first-order valence-corrected chi connectivity index (χ1v) is 12.4. The van der Waals surface area contributed by atoms with Gasteiger partial charge in [-0.05, 0) is 62.7 Å². The second-order valence-corrected chi connectivity index (χ2v) is 11.0. The van der Waals surface area contributed by atoms with Crippen LogP contribution < -0.4 is 10.6 Å². The average Bonchev–Trinajstić information content (AvgIpc) is 3.12. The molecule has 0 aromatic rings. The predicted molar refractivity (Wildman–Crippen MR) is 110 cm³/mol. The Morgan fingerprint density at radius 2 is 1.63 bits per heavy atom. The molecule has 7 heteroatoms. The lowest BCUT2D eigenvalue weighted by Crippen LogP contribution is -2.59. The molecule has 1 amide bonds. The van der Waals surface area contributed by atoms with E-state index < -0.39 is 11.6 Å². The molecule has 0 radical (unpaired) electrons. The maximum absolute atomic E-state index is 12.3. The second-order valence-electron chi connectivity index (χ2n) is 11.0. The Bertz CT molecular complexity index is 629. The first-order valence-electron chi connectivity index (χ1n) is 12.4. The number of hydrogen-bond donors (Lipinski definition) is 2. The summed E-state index contributed by atoms with van der Waals surface area (Å²) in [5, 5.41) is 6.49. The summed E-state index contributed by atoms with van der Waals surface area (Å²) in [5.41, 5.74) is 0. The number of nitrogens with one attached hydrogen (secondary N) is 2. The topological polar surface area (TPSA) is 72.1 Å². The van der Waals surface area contributed by atoms with Gasteiger partial charge in [0.15, 0.2) is 0 Å². The van der Waals surface area contributed by atoms with E-state index in [9.17, 15) is 4.79 Å². The van der Waals surface area contributed by atoms with Crippen molar-refractivity contribution in [2.75, 3.05) is 39.3 Å². The number of ether oxygens (including phenoxy) is 1. The molecule has 0 aromatic carbocycles. The molecule has 2 aliphatic heterocycles. The van der Waals surface area contributed by atoms with Gasteiger partial charge >= 0.3 is 0 Å². The highest BCUT2D eigenvalue weighted by molar-refractivity contribution is 5.78. The monoisotopic (exact) mass is 419 g/mol. The molecular weight excluding hydrogens is 382 g/mol. The predicted octanol–water partition coefficient (Wildman–Crippen LogP) is 2.03. The largest absolute Gasteiger partial charge is 0.355 e. The van der Waals surface area contributed by atoms with Gasteiger partial charge in [-0.15, -0.1) is 0 Å². The summed E-state index contributed by atoms with van der Waals surface area (Å²) in [4.78, 5) is 26.7. The molecule has 7 aliphatic rings. The lowest BCUT2D eigenvalue weighted by molar-refractivity contribution is -0.390. The molecule has 30 heavy (non-hydrogen) atoms. The molecule has 7 fully saturated rings. The van der Waals surface area contributed by atoms with Gasteiger partial charge < -0.3 is 15.4 Å². The molecule has 0 unspecified atom stereocenters. The maximum atomic E-state index is 12.3. The lowest BCUT2D eigenvalue weighted by Gasteiger charge is -2.57. The molecule has 2 spiro atoms. The highest BCUT2D eigenvalue weighted by Gasteiger charge is 2.66. The van der Waals surface area contributed by atoms with Gasteiger partial charge in [0.25, 0.3) is 0 Å². The zero-order chi connectivity index (χ0) is 20.2. The molecule has 2 N–H and O–H groups in total. The van der Waals surface area contributed by atoms with Crippen LogP contribution in [0.15, 0.2) is 0 Å². The Labute approximate surface area is 179 Å². The number of nitrogens with zero attached hydrogens (tertiary/aromatic N) is 1. The van der Waals surface area contributed by atoms with E-state index in [4.69, 9.17) is 14.5 Å². The SMILES string of the molecule is O=C(CN1CCNCC1)NC[C@H]1CC[C@]2(CC1)OO[C@]1(O2)C2CC3CC(C2)CC1C3. The molecule has 7 rings (SSSR count). The Morgan fingerprint density at radius 3 is 2.30 bits per heavy atom. The van der Waals surface area contributed by atoms with Crippen LogP contribution >= 0.6 is 0 Å². The van der Waals surface area contributed by atoms with E-state index in [0.717, 1.165) is 70.2 Å². The number of amides is 1. The molecule has 4 bridgehead atoms. The Hall–Kier alpha value is -0.730. The molecular formula is C23H37N3O4. The third kappa shape index (κ3) is 3.51. The average molecular weight is 420 g/mol. The highest BCUT2D eigenvalue weighted by atomic mass is 17.3. The van der Waals surface area contributed by atoms with Gasteiger partial charge in [0.1, 0.15) is 0 Å². The van der Waals surface area contributed by atoms with Gasteiger partial charge in [-0.3, -0.25) is 9.69 Å². The molecule has 7 nitrogen and oxygen atoms in total. The maximum Gasteiger partial charge on any atom is 0.234 e. The number of carbonyl (C=O) groups is 1. The van der Waals surface area contributed by atoms with Gasteiger partial charge in [0.2, 0.25) is 17.5 Å². The standard InChI is InChI=1S/C23H37N3O4/c27-21(15-26-7-5-24-6-8-26)25-14-16-1-3-22(4-2-16)28-23(30-29-22)19-10-17-9-18(12-19)13-20(23)11-17/h16-20,24H,1-15H2,(H,25,27)/t16-,17?,18?,19?,20?,22+,23-. The van der Waals surface area contributed by atoms with Crippen LogP contribution in [0.3, 0.4) is 0 Å². The smallest absolute Gasteiger partial charge is 0.234 e. The molecule has 168 valence electrons. The zero-order valence-electron chi connectivity index (χ0n) is 18.1. The first-order chi connectivity index (χ1) is 14.6. The third-order valence-corrected chi connectivity index (χ3v) is 8.98. The summed E-state index contributed by atoms with van der Waals surface area (Å²) in [6, 6.07) is 0. The van der Waals surface area contributed by atoms with Gasteiger partial charge in [-0.1, -0.05) is 0 Å². The first kappa shape index (κ1) is 19.9. The molecule has 2 saturated heterocycles. The lowest BCUT2D eigenvalue weighted by atomic mass is 9.53. The van der Waals surface area contributed by atoms with Crippen LogP contribution in [0.1, 0.15) is 57.8 Å². The van der Waals surface area contributed by atoms with Crippen LogP contribution in [0.5, 0.6) is 0 Å². The summed E-state index contributed by atoms with van der Waals surface area (Å²) in [6.07, 6.45) is 10.3. The highest BCUT2D eigenvalue weighted by Crippen LogP contribution is 2.63. The van der Waals surface area contributed by atoms with Crippen molar-refractivity contribution in [2.24, 2.45) is 29.6 Å². The normalized spacial score (nSPS) is 47.9. The van der Waals surface area contributed by atoms with Crippen LogP contribution in [0.2, 0.25) is 0 Å². The van der Waals surface area contributed by atoms with Gasteiger partial charge in [-0.25, -0.2) is 0 Å². The van der Waals surface area contributed by atoms with Crippen molar-refractivity contribution in [1.29, 1.82) is 0 Å². The van der Waals surface area contributed by atoms with Crippen molar-refractivity contribution < 1.29 is 19.3 Å². The minimum absolute atomic E-state index is 0.154. The van der Waals surface area contributed by atoms with Gasteiger partial charge in [-0.2, -0.15) is 9.78 Å². The van der Waals surface area contributed by atoms with E-state index in [0.29, 0.717) is 24.3 Å². The fraction of sp³-hybridized carbons (Fsp3) is 0.957. The van der Waals surface area contributed by atoms with Crippen LogP contribution in [0.4, 0.5) is 0 Å². The quantitative estimate of drug-likeness (QED) is 0.680. The number of hydrogen-bond acceptors (Lipinski definition) is 6. The third-order valence-electron chi connectivity index (χ3n) is 8.98. The second kappa shape index (κ2) is 7.69. The van der Waals surface area contributed by atoms with Crippen molar-refractivity contribution in [3.05, 3.63) is 0 Å². The number of piperazine rings is 1. The molecule has 2 heterocycles. The summed E-state index contributed by atoms with van der Waals surface area (Å²) < 4.78 is 6.78. The van der Waals surface area contributed by atoms with Crippen molar-refractivity contribution in [2.45, 2.75) is 69.4 Å². The van der Waals surface area contributed by atoms with E-state index in [1.807, 2.05) is 0 Å². The van der Waals surface area contributed by atoms with Gasteiger partial charge in [0.05, 0.1) is 6.54 Å². The van der Waals surface area contributed by atoms with E-state index in [2.05, 4.69) is 15.5 Å². The van der Waals surface area contributed by atoms with Crippen LogP contribution in [0.25, 0.3) is 0 Å². The van der Waals surface area contributed by atoms with Crippen molar-refractivity contribution in [3.8, 4) is 0 Å². The molecule has 0 aromatic heterocycles. The van der Waals surface area contributed by atoms with Crippen molar-refractivity contribution in [3.63, 3.8) is 0 Å². The van der Waals surface area contributed by atoms with Crippen molar-refractivity contribution >= 4 is 5.91 Å². The van der Waals surface area contributed by atoms with Crippen LogP contribution in [-0.4, -0.2) is 61.6 Å². The fourth-order valence-electron chi connectivity index (χ4n) is 7.50. The summed E-state index contributed by atoms with van der Waals surface area (Å²) in [5.74, 6) is 2.48. The van der Waals surface area contributed by atoms with Crippen LogP contribution in [-0.2, 0) is 19.3 Å². The number of rotatable bonds is 4. The van der Waals surface area contributed by atoms with E-state index in [1.165, 1.54) is 32.1 Å². The van der Waals surface area contributed by atoms with E-state index in [-0.39, 0.29) is 5.91 Å². The molecule has 5 aliphatic carbocycles. The summed E-state index contributed by atoms with van der Waals surface area (Å²) >= 11 is 0. The zero-order valence-corrected chi connectivity index (χ0v) is 18.1. The molecule has 0 atom stereocenters. The Morgan fingerprint density at radius 1 is 0.967 bits per heavy atom. The summed E-state index contributed by atoms with van der Waals surface area (Å²) in [6.45, 7) is 5.15. The van der Waals surface area contributed by atoms with E-state index in [1.54, 1.807) is 0 Å². The van der Waals surface area contributed by atoms with Crippen molar-refractivity contribution in [1.82, 2.24) is 15.5 Å². The minimum Gasteiger partial charge on any atom is -0.355 e. The number of carbonyl (C=O) groups excluding carboxylic acids is 1. The minimum atomic E-state index is -0.545.